The van der Waals surface area contributed by atoms with Crippen LogP contribution in [0.1, 0.15) is 1.37 Å². The summed E-state index contributed by atoms with van der Waals surface area (Å²) < 4.78 is 7.13. The Morgan fingerprint density at radius 2 is 2.50 bits per heavy atom. The maximum Gasteiger partial charge on any atom is 0.142 e. The number of hydrogen-bond donors (Lipinski definition) is 1. The molecule has 0 saturated carbocycles. The third-order valence-corrected chi connectivity index (χ3v) is 1.55. The Balaban J connectivity index is 2.91. The van der Waals surface area contributed by atoms with Crippen LogP contribution in [0.2, 0.25) is 5.15 Å². The molecule has 0 spiro atoms. The van der Waals surface area contributed by atoms with Crippen molar-refractivity contribution >= 4 is 22.6 Å². The summed E-state index contributed by atoms with van der Waals surface area (Å²) in [5.74, 6) is 0. The minimum absolute atomic E-state index is 0.0649. The molecule has 3 nitrogen and oxygen atoms in total. The number of H-pyrrole nitrogens is 1. The van der Waals surface area contributed by atoms with Gasteiger partial charge in [-0.2, -0.15) is 0 Å². The zero-order valence-electron chi connectivity index (χ0n) is 5.93. The van der Waals surface area contributed by atoms with Gasteiger partial charge in [0.25, 0.3) is 0 Å². The maximum absolute atomic E-state index is 7.13. The first-order valence-electron chi connectivity index (χ1n) is 3.24. The van der Waals surface area contributed by atoms with Crippen molar-refractivity contribution < 1.29 is 1.37 Å². The average molecular weight is 155 g/mol. The lowest BCUT2D eigenvalue weighted by molar-refractivity contribution is 1.20. The molecule has 0 aliphatic rings. The highest BCUT2D eigenvalue weighted by Gasteiger charge is 1.98. The van der Waals surface area contributed by atoms with Crippen LogP contribution in [0.3, 0.4) is 0 Å². The van der Waals surface area contributed by atoms with Gasteiger partial charge in [-0.15, -0.1) is 0 Å². The Morgan fingerprint density at radius 1 is 1.60 bits per heavy atom. The Kier molecular flexibility index (Phi) is 0.914. The first-order chi connectivity index (χ1) is 5.27. The molecule has 2 aromatic heterocycles. The molecular weight excluding hydrogens is 150 g/mol. The van der Waals surface area contributed by atoms with Crippen LogP contribution in [0.5, 0.6) is 0 Å². The number of aromatic nitrogens is 3. The van der Waals surface area contributed by atoms with E-state index < -0.39 is 0 Å². The second-order valence-corrected chi connectivity index (χ2v) is 2.21. The monoisotopic (exact) mass is 154 g/mol. The molecule has 0 amide bonds. The molecule has 4 heteroatoms. The molecule has 0 saturated heterocycles. The van der Waals surface area contributed by atoms with Crippen molar-refractivity contribution in [1.82, 2.24) is 15.0 Å². The van der Waals surface area contributed by atoms with Gasteiger partial charge in [-0.05, 0) is 6.07 Å². The fraction of sp³-hybridized carbons (Fsp3) is 0. The lowest BCUT2D eigenvalue weighted by Gasteiger charge is -1.88. The van der Waals surface area contributed by atoms with Crippen LogP contribution < -0.4 is 0 Å². The first-order valence-corrected chi connectivity index (χ1v) is 3.12. The summed E-state index contributed by atoms with van der Waals surface area (Å²) in [5.41, 5.74) is 0.606. The zero-order chi connectivity index (χ0) is 7.84. The molecule has 0 aromatic carbocycles. The molecule has 1 N–H and O–H groups in total. The number of rotatable bonds is 0. The van der Waals surface area contributed by atoms with E-state index in [1.165, 1.54) is 0 Å². The van der Waals surface area contributed by atoms with Crippen molar-refractivity contribution in [3.8, 4) is 0 Å². The summed E-state index contributed by atoms with van der Waals surface area (Å²) in [5, 5.41) is 1.07. The van der Waals surface area contributed by atoms with Crippen LogP contribution in [-0.4, -0.2) is 15.0 Å². The van der Waals surface area contributed by atoms with E-state index in [1.54, 1.807) is 12.3 Å². The molecule has 0 aliphatic carbocycles. The van der Waals surface area contributed by atoms with Gasteiger partial charge in [0.15, 0.2) is 0 Å². The number of halogens is 1. The molecule has 0 radical (unpaired) electrons. The number of aromatic amines is 1. The standard InChI is InChI=1S/C6H4ClN3/c7-5-4-1-2-8-6(4)10-3-9-5/h1-3H,(H,8,9,10)/i3D. The molecule has 2 rings (SSSR count). The molecule has 0 unspecified atom stereocenters. The van der Waals surface area contributed by atoms with Gasteiger partial charge in [0.05, 0.1) is 5.39 Å². The number of nitrogens with one attached hydrogen (secondary N) is 1. The fourth-order valence-electron chi connectivity index (χ4n) is 0.799. The highest BCUT2D eigenvalue weighted by molar-refractivity contribution is 6.33. The van der Waals surface area contributed by atoms with Crippen LogP contribution in [0, 0.1) is 0 Å². The van der Waals surface area contributed by atoms with Crippen LogP contribution in [0.4, 0.5) is 0 Å². The number of nitrogens with zero attached hydrogens (tertiary/aromatic N) is 2. The lowest BCUT2D eigenvalue weighted by Crippen LogP contribution is -1.79. The topological polar surface area (TPSA) is 41.6 Å². The van der Waals surface area contributed by atoms with Crippen LogP contribution in [-0.2, 0) is 0 Å². The second kappa shape index (κ2) is 1.95. The van der Waals surface area contributed by atoms with Crippen LogP contribution in [0.15, 0.2) is 18.6 Å². The summed E-state index contributed by atoms with van der Waals surface area (Å²) in [6.45, 7) is 0. The molecule has 50 valence electrons. The van der Waals surface area contributed by atoms with Crippen molar-refractivity contribution in [3.63, 3.8) is 0 Å². The highest BCUT2D eigenvalue weighted by atomic mass is 35.5. The normalized spacial score (nSPS) is 11.9. The van der Waals surface area contributed by atoms with Crippen molar-refractivity contribution in [2.45, 2.75) is 0 Å². The van der Waals surface area contributed by atoms with Gasteiger partial charge in [0.1, 0.15) is 18.5 Å². The fourth-order valence-corrected chi connectivity index (χ4v) is 0.989. The average Bonchev–Trinajstić information content (AvgIpc) is 2.34. The second-order valence-electron chi connectivity index (χ2n) is 1.85. The zero-order valence-corrected chi connectivity index (χ0v) is 5.68. The highest BCUT2D eigenvalue weighted by Crippen LogP contribution is 2.16. The van der Waals surface area contributed by atoms with Gasteiger partial charge >= 0.3 is 0 Å². The minimum atomic E-state index is -0.0649. The smallest absolute Gasteiger partial charge is 0.142 e. The van der Waals surface area contributed by atoms with Crippen LogP contribution in [0.25, 0.3) is 11.0 Å². The van der Waals surface area contributed by atoms with E-state index in [2.05, 4.69) is 15.0 Å². The predicted molar refractivity (Wildman–Crippen MR) is 38.9 cm³/mol. The minimum Gasteiger partial charge on any atom is -0.346 e. The summed E-state index contributed by atoms with van der Waals surface area (Å²) in [4.78, 5) is 10.3. The van der Waals surface area contributed by atoms with Gasteiger partial charge in [-0.1, -0.05) is 11.6 Å². The van der Waals surface area contributed by atoms with Crippen molar-refractivity contribution in [2.75, 3.05) is 0 Å². The summed E-state index contributed by atoms with van der Waals surface area (Å²) in [7, 11) is 0. The summed E-state index contributed by atoms with van der Waals surface area (Å²) >= 11 is 5.71. The van der Waals surface area contributed by atoms with Crippen molar-refractivity contribution in [3.05, 3.63) is 23.7 Å². The van der Waals surface area contributed by atoms with Gasteiger partial charge in [-0.25, -0.2) is 9.97 Å². The van der Waals surface area contributed by atoms with Gasteiger partial charge in [0, 0.05) is 6.20 Å². The van der Waals surface area contributed by atoms with Gasteiger partial charge < -0.3 is 4.98 Å². The number of fused-ring (bicyclic) bond motifs is 1. The molecule has 10 heavy (non-hydrogen) atoms. The van der Waals surface area contributed by atoms with E-state index in [0.29, 0.717) is 10.8 Å². The third kappa shape index (κ3) is 0.675. The van der Waals surface area contributed by atoms with Crippen molar-refractivity contribution in [1.29, 1.82) is 0 Å². The van der Waals surface area contributed by atoms with E-state index >= 15 is 0 Å². The van der Waals surface area contributed by atoms with Crippen molar-refractivity contribution in [2.24, 2.45) is 0 Å². The number of hydrogen-bond acceptors (Lipinski definition) is 2. The Labute approximate surface area is 63.5 Å². The Morgan fingerprint density at radius 3 is 3.40 bits per heavy atom. The first kappa shape index (κ1) is 4.68. The van der Waals surface area contributed by atoms with E-state index in [1.807, 2.05) is 0 Å². The SMILES string of the molecule is [2H]c1nc(Cl)c2cc[nH]c2n1. The van der Waals surface area contributed by atoms with Gasteiger partial charge in [0.2, 0.25) is 0 Å². The van der Waals surface area contributed by atoms with E-state index in [4.69, 9.17) is 13.0 Å². The quantitative estimate of drug-likeness (QED) is 0.586. The summed E-state index contributed by atoms with van der Waals surface area (Å²) in [6, 6.07) is 1.77. The molecular formula is C6H4ClN3. The molecule has 2 aromatic rings. The summed E-state index contributed by atoms with van der Waals surface area (Å²) in [6.07, 6.45) is 1.65. The Bertz CT molecular complexity index is 398. The molecule has 0 atom stereocenters. The molecule has 0 aliphatic heterocycles. The lowest BCUT2D eigenvalue weighted by atomic mass is 10.4. The largest absolute Gasteiger partial charge is 0.346 e. The van der Waals surface area contributed by atoms with E-state index in [-0.39, 0.29) is 6.30 Å². The molecule has 0 fully saturated rings. The maximum atomic E-state index is 7.13. The predicted octanol–water partition coefficient (Wildman–Crippen LogP) is 1.61. The third-order valence-electron chi connectivity index (χ3n) is 1.26. The van der Waals surface area contributed by atoms with Gasteiger partial charge in [-0.3, -0.25) is 0 Å². The van der Waals surface area contributed by atoms with E-state index in [9.17, 15) is 0 Å². The molecule has 2 heterocycles. The molecule has 0 bridgehead atoms. The Hall–Kier alpha value is -1.09. The van der Waals surface area contributed by atoms with E-state index in [0.717, 1.165) is 5.39 Å². The van der Waals surface area contributed by atoms with Crippen LogP contribution >= 0.6 is 11.6 Å².